The van der Waals surface area contributed by atoms with Gasteiger partial charge >= 0.3 is 12.1 Å². The predicted octanol–water partition coefficient (Wildman–Crippen LogP) is 3.60. The fourth-order valence-corrected chi connectivity index (χ4v) is 4.80. The molecule has 2 saturated heterocycles. The van der Waals surface area contributed by atoms with E-state index in [-0.39, 0.29) is 18.2 Å². The van der Waals surface area contributed by atoms with Gasteiger partial charge in [-0.15, -0.1) is 0 Å². The summed E-state index contributed by atoms with van der Waals surface area (Å²) in [5.74, 6) is 0.485. The van der Waals surface area contributed by atoms with Gasteiger partial charge in [0, 0.05) is 48.8 Å². The first kappa shape index (κ1) is 19.6. The molecule has 0 bridgehead atoms. The Morgan fingerprint density at radius 3 is 2.38 bits per heavy atom. The van der Waals surface area contributed by atoms with Crippen LogP contribution < -0.4 is 5.32 Å². The van der Waals surface area contributed by atoms with Crippen LogP contribution in [0.2, 0.25) is 0 Å². The number of hydrogen-bond acceptors (Lipinski definition) is 3. The number of aromatic amines is 1. The largest absolute Gasteiger partial charge is 0.453 e. The van der Waals surface area contributed by atoms with E-state index in [2.05, 4.69) is 41.5 Å². The summed E-state index contributed by atoms with van der Waals surface area (Å²) in [7, 11) is 1.40. The quantitative estimate of drug-likeness (QED) is 0.811. The molecule has 3 amide bonds. The van der Waals surface area contributed by atoms with Gasteiger partial charge in [0.1, 0.15) is 0 Å². The number of carbonyl (C=O) groups excluding carboxylic acids is 2. The second-order valence-electron chi connectivity index (χ2n) is 8.15. The monoisotopic (exact) mass is 398 g/mol. The lowest BCUT2D eigenvalue weighted by Crippen LogP contribution is -2.51. The van der Waals surface area contributed by atoms with Crippen LogP contribution in [0.4, 0.5) is 9.59 Å². The number of H-pyrrole nitrogens is 1. The number of methoxy groups -OCH3 is 1. The van der Waals surface area contributed by atoms with Gasteiger partial charge in [0.2, 0.25) is 0 Å². The zero-order valence-corrected chi connectivity index (χ0v) is 17.2. The number of carbonyl (C=O) groups is 2. The van der Waals surface area contributed by atoms with Crippen LogP contribution in [0.3, 0.4) is 0 Å². The van der Waals surface area contributed by atoms with Crippen molar-refractivity contribution in [2.24, 2.45) is 0 Å². The summed E-state index contributed by atoms with van der Waals surface area (Å²) in [4.78, 5) is 31.4. The normalized spacial score (nSPS) is 18.8. The molecule has 2 aromatic rings. The van der Waals surface area contributed by atoms with Gasteiger partial charge in [-0.25, -0.2) is 9.59 Å². The zero-order chi connectivity index (χ0) is 20.4. The van der Waals surface area contributed by atoms with Gasteiger partial charge in [0.05, 0.1) is 7.11 Å². The number of ether oxygens (including phenoxy) is 1. The Balaban J connectivity index is 1.30. The first-order chi connectivity index (χ1) is 14.1. The van der Waals surface area contributed by atoms with Crippen molar-refractivity contribution < 1.29 is 14.3 Å². The summed E-state index contributed by atoms with van der Waals surface area (Å²) in [5, 5.41) is 4.47. The van der Waals surface area contributed by atoms with Crippen LogP contribution in [0.5, 0.6) is 0 Å². The van der Waals surface area contributed by atoms with Crippen molar-refractivity contribution in [2.45, 2.75) is 44.6 Å². The minimum absolute atomic E-state index is 0.0237. The Morgan fingerprint density at radius 1 is 1.03 bits per heavy atom. The van der Waals surface area contributed by atoms with Crippen molar-refractivity contribution in [1.29, 1.82) is 0 Å². The van der Waals surface area contributed by atoms with Crippen LogP contribution in [0.1, 0.15) is 42.9 Å². The molecule has 29 heavy (non-hydrogen) atoms. The molecule has 7 heteroatoms. The second-order valence-corrected chi connectivity index (χ2v) is 8.15. The molecule has 4 rings (SSSR count). The zero-order valence-electron chi connectivity index (χ0n) is 17.2. The van der Waals surface area contributed by atoms with Crippen LogP contribution in [0.25, 0.3) is 10.9 Å². The fraction of sp³-hybridized carbons (Fsp3) is 0.545. The lowest BCUT2D eigenvalue weighted by atomic mass is 9.87. The molecule has 2 aliphatic rings. The van der Waals surface area contributed by atoms with Crippen molar-refractivity contribution in [3.05, 3.63) is 35.5 Å². The molecule has 0 atom stereocenters. The number of urea groups is 1. The van der Waals surface area contributed by atoms with E-state index in [1.54, 1.807) is 4.90 Å². The van der Waals surface area contributed by atoms with Gasteiger partial charge in [-0.05, 0) is 50.2 Å². The molecule has 0 spiro atoms. The maximum absolute atomic E-state index is 12.7. The predicted molar refractivity (Wildman–Crippen MR) is 112 cm³/mol. The first-order valence-corrected chi connectivity index (χ1v) is 10.5. The van der Waals surface area contributed by atoms with Crippen LogP contribution >= 0.6 is 0 Å². The average Bonchev–Trinajstić information content (AvgIpc) is 3.09. The fourth-order valence-electron chi connectivity index (χ4n) is 4.80. The Bertz CT molecular complexity index is 877. The third kappa shape index (κ3) is 4.04. The topological polar surface area (TPSA) is 77.7 Å². The molecule has 1 aromatic carbocycles. The van der Waals surface area contributed by atoms with Gasteiger partial charge in [-0.2, -0.15) is 0 Å². The summed E-state index contributed by atoms with van der Waals surface area (Å²) in [6, 6.07) is 8.61. The van der Waals surface area contributed by atoms with E-state index in [0.717, 1.165) is 38.8 Å². The lowest BCUT2D eigenvalue weighted by Gasteiger charge is -2.35. The number of fused-ring (bicyclic) bond motifs is 1. The highest BCUT2D eigenvalue weighted by Crippen LogP contribution is 2.35. The number of nitrogens with zero attached hydrogens (tertiary/aromatic N) is 2. The average molecular weight is 399 g/mol. The summed E-state index contributed by atoms with van der Waals surface area (Å²) < 4.78 is 4.77. The van der Waals surface area contributed by atoms with E-state index in [4.69, 9.17) is 4.74 Å². The third-order valence-electron chi connectivity index (χ3n) is 6.39. The van der Waals surface area contributed by atoms with Crippen molar-refractivity contribution in [3.63, 3.8) is 0 Å². The number of likely N-dealkylation sites (tertiary alicyclic amines) is 2. The van der Waals surface area contributed by atoms with Gasteiger partial charge in [0.15, 0.2) is 0 Å². The summed E-state index contributed by atoms with van der Waals surface area (Å²) >= 11 is 0. The molecular weight excluding hydrogens is 368 g/mol. The maximum atomic E-state index is 12.7. The second kappa shape index (κ2) is 8.35. The SMILES string of the molecule is COC(=O)N1CCC(NC(=O)N2CCC(c3c(C)[nH]c4ccccc34)CC2)CC1. The molecule has 0 unspecified atom stereocenters. The highest BCUT2D eigenvalue weighted by molar-refractivity contribution is 5.85. The Hall–Kier alpha value is -2.70. The summed E-state index contributed by atoms with van der Waals surface area (Å²) in [6.07, 6.45) is 3.22. The number of aromatic nitrogens is 1. The van der Waals surface area contributed by atoms with Crippen molar-refractivity contribution in [1.82, 2.24) is 20.1 Å². The van der Waals surface area contributed by atoms with Crippen molar-refractivity contribution in [2.75, 3.05) is 33.3 Å². The van der Waals surface area contributed by atoms with Crippen LogP contribution in [-0.2, 0) is 4.74 Å². The maximum Gasteiger partial charge on any atom is 0.409 e. The number of para-hydroxylation sites is 1. The summed E-state index contributed by atoms with van der Waals surface area (Å²) in [6.45, 7) is 4.95. The number of benzene rings is 1. The molecule has 1 aromatic heterocycles. The van der Waals surface area contributed by atoms with Crippen LogP contribution in [-0.4, -0.2) is 66.2 Å². The van der Waals surface area contributed by atoms with E-state index in [1.807, 2.05) is 4.90 Å². The van der Waals surface area contributed by atoms with Gasteiger partial charge < -0.3 is 24.8 Å². The first-order valence-electron chi connectivity index (χ1n) is 10.5. The molecule has 2 fully saturated rings. The van der Waals surface area contributed by atoms with Crippen LogP contribution in [0.15, 0.2) is 24.3 Å². The van der Waals surface area contributed by atoms with Crippen LogP contribution in [0, 0.1) is 6.92 Å². The van der Waals surface area contributed by atoms with E-state index in [0.29, 0.717) is 19.0 Å². The lowest BCUT2D eigenvalue weighted by molar-refractivity contribution is 0.109. The molecule has 7 nitrogen and oxygen atoms in total. The van der Waals surface area contributed by atoms with E-state index >= 15 is 0 Å². The summed E-state index contributed by atoms with van der Waals surface area (Å²) in [5.41, 5.74) is 3.85. The number of aryl methyl sites for hydroxylation is 1. The molecule has 2 N–H and O–H groups in total. The van der Waals surface area contributed by atoms with Crippen molar-refractivity contribution in [3.8, 4) is 0 Å². The minimum atomic E-state index is -0.288. The highest BCUT2D eigenvalue weighted by Gasteiger charge is 2.29. The van der Waals surface area contributed by atoms with Crippen molar-refractivity contribution >= 4 is 23.0 Å². The Kier molecular flexibility index (Phi) is 5.65. The van der Waals surface area contributed by atoms with Gasteiger partial charge in [-0.3, -0.25) is 0 Å². The molecule has 0 saturated carbocycles. The van der Waals surface area contributed by atoms with Gasteiger partial charge in [0.25, 0.3) is 0 Å². The number of amides is 3. The van der Waals surface area contributed by atoms with E-state index in [9.17, 15) is 9.59 Å². The number of rotatable bonds is 2. The highest BCUT2D eigenvalue weighted by atomic mass is 16.5. The van der Waals surface area contributed by atoms with Gasteiger partial charge in [-0.1, -0.05) is 18.2 Å². The van der Waals surface area contributed by atoms with E-state index < -0.39 is 0 Å². The Morgan fingerprint density at radius 2 is 1.69 bits per heavy atom. The molecule has 156 valence electrons. The molecule has 0 aliphatic carbocycles. The van der Waals surface area contributed by atoms with E-state index in [1.165, 1.54) is 29.3 Å². The smallest absolute Gasteiger partial charge is 0.409 e. The Labute approximate surface area is 171 Å². The number of piperidine rings is 2. The molecule has 0 radical (unpaired) electrons. The molecule has 3 heterocycles. The molecular formula is C22H30N4O3. The third-order valence-corrected chi connectivity index (χ3v) is 6.39. The number of hydrogen-bond donors (Lipinski definition) is 2. The standard InChI is InChI=1S/C22H30N4O3/c1-15-20(18-5-3-4-6-19(18)23-15)16-7-11-25(12-8-16)21(27)24-17-9-13-26(14-10-17)22(28)29-2/h3-6,16-17,23H,7-14H2,1-2H3,(H,24,27). The number of nitrogens with one attached hydrogen (secondary N) is 2. The molecule has 2 aliphatic heterocycles. The minimum Gasteiger partial charge on any atom is -0.453 e.